The molecule has 1 aliphatic carbocycles. The number of nitrogens with one attached hydrogen (secondary N) is 1. The second-order valence-electron chi connectivity index (χ2n) is 8.93. The van der Waals surface area contributed by atoms with Gasteiger partial charge in [-0.15, -0.1) is 0 Å². The molecule has 2 aromatic rings. The number of aromatic nitrogens is 3. The number of carbonyl (C=O) groups is 1. The third-order valence-electron chi connectivity index (χ3n) is 6.45. The summed E-state index contributed by atoms with van der Waals surface area (Å²) in [5.41, 5.74) is 4.22. The zero-order valence-electron chi connectivity index (χ0n) is 17.5. The average Bonchev–Trinajstić information content (AvgIpc) is 3.46. The Morgan fingerprint density at radius 2 is 2.17 bits per heavy atom. The quantitative estimate of drug-likeness (QED) is 0.718. The van der Waals surface area contributed by atoms with E-state index in [1.807, 2.05) is 46.6 Å². The van der Waals surface area contributed by atoms with Crippen LogP contribution < -0.4 is 10.4 Å². The Morgan fingerprint density at radius 1 is 1.40 bits per heavy atom. The molecule has 0 bridgehead atoms. The fraction of sp³-hybridized carbons (Fsp3) is 0.500. The number of carboxylic acid groups (broad SMARTS) is 1. The van der Waals surface area contributed by atoms with Gasteiger partial charge < -0.3 is 9.67 Å². The number of anilines is 2. The monoisotopic (exact) mass is 408 g/mol. The van der Waals surface area contributed by atoms with E-state index in [2.05, 4.69) is 21.2 Å². The van der Waals surface area contributed by atoms with Crippen molar-refractivity contribution in [3.63, 3.8) is 0 Å². The van der Waals surface area contributed by atoms with Crippen LogP contribution in [0.25, 0.3) is 6.08 Å². The van der Waals surface area contributed by atoms with Crippen molar-refractivity contribution < 1.29 is 9.90 Å². The lowest BCUT2D eigenvalue weighted by Gasteiger charge is -2.30. The third kappa shape index (κ3) is 3.45. The summed E-state index contributed by atoms with van der Waals surface area (Å²) in [6, 6.07) is 4.38. The van der Waals surface area contributed by atoms with E-state index in [1.54, 1.807) is 13.8 Å². The van der Waals surface area contributed by atoms with Gasteiger partial charge in [-0.25, -0.2) is 5.01 Å². The highest BCUT2D eigenvalue weighted by molar-refractivity contribution is 5.74. The molecule has 0 radical (unpaired) electrons. The molecule has 0 atom stereocenters. The molecule has 30 heavy (non-hydrogen) atoms. The number of hydrogen-bond donors (Lipinski definition) is 2. The van der Waals surface area contributed by atoms with Crippen LogP contribution in [0.2, 0.25) is 0 Å². The molecule has 8 nitrogen and oxygen atoms in total. The Morgan fingerprint density at radius 3 is 2.87 bits per heavy atom. The summed E-state index contributed by atoms with van der Waals surface area (Å²) < 4.78 is 4.05. The van der Waals surface area contributed by atoms with E-state index >= 15 is 0 Å². The van der Waals surface area contributed by atoms with Crippen LogP contribution in [0.5, 0.6) is 0 Å². The molecule has 0 unspecified atom stereocenters. The second kappa shape index (κ2) is 7.56. The van der Waals surface area contributed by atoms with Gasteiger partial charge in [-0.3, -0.25) is 14.9 Å². The van der Waals surface area contributed by atoms with Gasteiger partial charge in [0, 0.05) is 24.5 Å². The average molecular weight is 409 g/mol. The number of aliphatic carboxylic acids is 1. The molecule has 0 saturated heterocycles. The maximum absolute atomic E-state index is 11.5. The minimum absolute atomic E-state index is 0.213. The molecular formula is C22H28N6O2. The Bertz CT molecular complexity index is 1000. The molecule has 2 aromatic heterocycles. The highest BCUT2D eigenvalue weighted by atomic mass is 16.4. The summed E-state index contributed by atoms with van der Waals surface area (Å²) >= 11 is 0. The molecule has 0 spiro atoms. The maximum atomic E-state index is 11.5. The van der Waals surface area contributed by atoms with Gasteiger partial charge in [0.1, 0.15) is 11.5 Å². The van der Waals surface area contributed by atoms with Crippen LogP contribution in [0.4, 0.5) is 11.5 Å². The fourth-order valence-corrected chi connectivity index (χ4v) is 4.37. The summed E-state index contributed by atoms with van der Waals surface area (Å²) in [6.45, 7) is 4.09. The third-order valence-corrected chi connectivity index (χ3v) is 6.45. The van der Waals surface area contributed by atoms with Crippen molar-refractivity contribution in [3.05, 3.63) is 36.4 Å². The standard InChI is InChI=1S/C22H28N6O2/c1-21(2,20(29)30)10-14-26-13-6-17-5-12-24-28(19(17)26)18-15-25-27(16-18)22(9-11-23)7-3-4-8-22/h5-6,12-13,15-16,24H,3-4,7-10,14H2,1-2H3,(H,29,30). The summed E-state index contributed by atoms with van der Waals surface area (Å²) in [5, 5.41) is 25.4. The van der Waals surface area contributed by atoms with Crippen LogP contribution in [0.1, 0.15) is 57.9 Å². The first-order valence-electron chi connectivity index (χ1n) is 10.4. The van der Waals surface area contributed by atoms with E-state index in [-0.39, 0.29) is 5.54 Å². The van der Waals surface area contributed by atoms with Gasteiger partial charge >= 0.3 is 5.97 Å². The lowest BCUT2D eigenvalue weighted by molar-refractivity contribution is -0.147. The molecule has 0 aromatic carbocycles. The van der Waals surface area contributed by atoms with Crippen molar-refractivity contribution in [1.29, 1.82) is 5.26 Å². The Kier molecular flexibility index (Phi) is 5.06. The molecule has 2 aliphatic rings. The van der Waals surface area contributed by atoms with Crippen LogP contribution in [-0.2, 0) is 16.9 Å². The predicted octanol–water partition coefficient (Wildman–Crippen LogP) is 4.00. The number of aryl methyl sites for hydroxylation is 1. The number of hydrazine groups is 1. The summed E-state index contributed by atoms with van der Waals surface area (Å²) in [5.74, 6) is 0.165. The Labute approximate surface area is 176 Å². The molecule has 2 N–H and O–H groups in total. The normalized spacial score (nSPS) is 17.4. The highest BCUT2D eigenvalue weighted by Gasteiger charge is 2.37. The largest absolute Gasteiger partial charge is 0.481 e. The van der Waals surface area contributed by atoms with Crippen LogP contribution >= 0.6 is 0 Å². The van der Waals surface area contributed by atoms with Crippen molar-refractivity contribution in [2.45, 2.75) is 64.5 Å². The van der Waals surface area contributed by atoms with Crippen LogP contribution in [-0.4, -0.2) is 25.4 Å². The van der Waals surface area contributed by atoms with E-state index in [0.717, 1.165) is 42.8 Å². The first-order chi connectivity index (χ1) is 14.4. The van der Waals surface area contributed by atoms with E-state index in [4.69, 9.17) is 0 Å². The zero-order chi connectivity index (χ0) is 21.4. The minimum atomic E-state index is -0.795. The molecule has 1 saturated carbocycles. The van der Waals surface area contributed by atoms with Crippen molar-refractivity contribution in [2.24, 2.45) is 5.41 Å². The number of rotatable bonds is 7. The van der Waals surface area contributed by atoms with Gasteiger partial charge in [0.25, 0.3) is 0 Å². The SMILES string of the molecule is CC(C)(CCn1ccc2c1N(c1cnn(C3(CC#N)CCCC3)c1)NC=C2)C(=O)O. The van der Waals surface area contributed by atoms with E-state index < -0.39 is 11.4 Å². The first kappa shape index (κ1) is 20.1. The summed E-state index contributed by atoms with van der Waals surface area (Å²) in [6.07, 6.45) is 14.9. The van der Waals surface area contributed by atoms with E-state index in [1.165, 1.54) is 0 Å². The van der Waals surface area contributed by atoms with Gasteiger partial charge in [0.2, 0.25) is 0 Å². The van der Waals surface area contributed by atoms with Crippen molar-refractivity contribution in [3.8, 4) is 6.07 Å². The van der Waals surface area contributed by atoms with Gasteiger partial charge in [0.05, 0.1) is 35.8 Å². The number of nitriles is 1. The lowest BCUT2D eigenvalue weighted by Crippen LogP contribution is -2.34. The van der Waals surface area contributed by atoms with Crippen molar-refractivity contribution >= 4 is 23.6 Å². The summed E-state index contributed by atoms with van der Waals surface area (Å²) in [7, 11) is 0. The van der Waals surface area contributed by atoms with Crippen LogP contribution in [0.3, 0.4) is 0 Å². The summed E-state index contributed by atoms with van der Waals surface area (Å²) in [4.78, 5) is 11.5. The zero-order valence-corrected chi connectivity index (χ0v) is 17.5. The fourth-order valence-electron chi connectivity index (χ4n) is 4.37. The predicted molar refractivity (Wildman–Crippen MR) is 114 cm³/mol. The molecule has 8 heteroatoms. The lowest BCUT2D eigenvalue weighted by atomic mass is 9.90. The molecular weight excluding hydrogens is 380 g/mol. The number of carboxylic acids is 1. The molecule has 1 aliphatic heterocycles. The van der Waals surface area contributed by atoms with Gasteiger partial charge in [-0.1, -0.05) is 12.8 Å². The molecule has 1 fully saturated rings. The number of hydrogen-bond acceptors (Lipinski definition) is 5. The smallest absolute Gasteiger partial charge is 0.309 e. The number of nitrogens with zero attached hydrogens (tertiary/aromatic N) is 5. The molecule has 4 rings (SSSR count). The minimum Gasteiger partial charge on any atom is -0.481 e. The molecule has 0 amide bonds. The molecule has 158 valence electrons. The maximum Gasteiger partial charge on any atom is 0.309 e. The van der Waals surface area contributed by atoms with Crippen molar-refractivity contribution in [2.75, 3.05) is 5.01 Å². The van der Waals surface area contributed by atoms with Crippen molar-refractivity contribution in [1.82, 2.24) is 19.8 Å². The van der Waals surface area contributed by atoms with Crippen LogP contribution in [0.15, 0.2) is 30.9 Å². The van der Waals surface area contributed by atoms with Gasteiger partial charge in [-0.2, -0.15) is 10.4 Å². The Hall–Kier alpha value is -3.21. The highest BCUT2D eigenvalue weighted by Crippen LogP contribution is 2.40. The first-order valence-corrected chi connectivity index (χ1v) is 10.4. The topological polar surface area (TPSA) is 99.1 Å². The van der Waals surface area contributed by atoms with E-state index in [9.17, 15) is 15.2 Å². The van der Waals surface area contributed by atoms with Gasteiger partial charge in [0.15, 0.2) is 0 Å². The molecule has 3 heterocycles. The number of fused-ring (bicyclic) bond motifs is 1. The van der Waals surface area contributed by atoms with E-state index in [0.29, 0.717) is 19.4 Å². The van der Waals surface area contributed by atoms with Gasteiger partial charge in [-0.05, 0) is 45.3 Å². The Balaban J connectivity index is 1.62. The van der Waals surface area contributed by atoms with Crippen LogP contribution in [0, 0.1) is 16.7 Å². The second-order valence-corrected chi connectivity index (χ2v) is 8.93.